The predicted octanol–water partition coefficient (Wildman–Crippen LogP) is 4.94. The van der Waals surface area contributed by atoms with Gasteiger partial charge in [0.05, 0.1) is 12.1 Å². The molecule has 1 atom stereocenters. The maximum Gasteiger partial charge on any atom is 0.166 e. The number of phenols is 1. The van der Waals surface area contributed by atoms with Crippen LogP contribution in [0.5, 0.6) is 5.75 Å². The van der Waals surface area contributed by atoms with E-state index in [4.69, 9.17) is 4.52 Å². The van der Waals surface area contributed by atoms with Crippen molar-refractivity contribution in [3.05, 3.63) is 83.9 Å². The zero-order chi connectivity index (χ0) is 20.0. The lowest BCUT2D eigenvalue weighted by Crippen LogP contribution is -2.04. The van der Waals surface area contributed by atoms with Crippen LogP contribution in [0.25, 0.3) is 22.3 Å². The van der Waals surface area contributed by atoms with Crippen molar-refractivity contribution in [3.63, 3.8) is 0 Å². The van der Waals surface area contributed by atoms with Gasteiger partial charge < -0.3 is 14.9 Å². The van der Waals surface area contributed by atoms with E-state index in [-0.39, 0.29) is 17.2 Å². The lowest BCUT2D eigenvalue weighted by Gasteiger charge is -2.11. The van der Waals surface area contributed by atoms with Gasteiger partial charge in [0.25, 0.3) is 0 Å². The molecule has 1 unspecified atom stereocenters. The molecule has 144 valence electrons. The minimum atomic E-state index is -0.935. The number of hydrogen-bond donors (Lipinski definition) is 2. The topological polar surface area (TPSA) is 71.2 Å². The molecule has 5 nitrogen and oxygen atoms in total. The van der Waals surface area contributed by atoms with Gasteiger partial charge in [-0.25, -0.2) is 13.8 Å². The van der Waals surface area contributed by atoms with E-state index in [1.54, 1.807) is 24.4 Å². The molecule has 3 heterocycles. The Labute approximate surface area is 164 Å². The van der Waals surface area contributed by atoms with Crippen LogP contribution < -0.4 is 5.32 Å². The molecule has 0 saturated carbocycles. The molecular formula is C22H15F2N3O2. The number of halogens is 2. The minimum Gasteiger partial charge on any atom is -0.508 e. The van der Waals surface area contributed by atoms with Gasteiger partial charge in [0.2, 0.25) is 0 Å². The normalized spacial score (nSPS) is 15.2. The van der Waals surface area contributed by atoms with E-state index in [1.165, 1.54) is 18.3 Å². The maximum atomic E-state index is 14.4. The van der Waals surface area contributed by atoms with E-state index in [0.717, 1.165) is 22.8 Å². The smallest absolute Gasteiger partial charge is 0.166 e. The number of hydrogen-bond acceptors (Lipinski definition) is 5. The van der Waals surface area contributed by atoms with Crippen molar-refractivity contribution in [2.45, 2.75) is 5.92 Å². The Morgan fingerprint density at radius 2 is 1.86 bits per heavy atom. The van der Waals surface area contributed by atoms with Crippen LogP contribution in [0.4, 0.5) is 14.6 Å². The van der Waals surface area contributed by atoms with Crippen LogP contribution >= 0.6 is 0 Å². The average molecular weight is 391 g/mol. The number of aromatic nitrogens is 2. The third-order valence-corrected chi connectivity index (χ3v) is 5.10. The third kappa shape index (κ3) is 2.91. The highest BCUT2D eigenvalue weighted by Crippen LogP contribution is 2.41. The predicted molar refractivity (Wildman–Crippen MR) is 104 cm³/mol. The SMILES string of the molecule is Oc1cccc(-c2cnc3c(c2)C(c2oncc2-c2cccc(F)c2F)CN3)c1. The summed E-state index contributed by atoms with van der Waals surface area (Å²) in [7, 11) is 0. The second-order valence-electron chi connectivity index (χ2n) is 6.85. The lowest BCUT2D eigenvalue weighted by molar-refractivity contribution is 0.376. The molecule has 0 saturated heterocycles. The van der Waals surface area contributed by atoms with E-state index in [0.29, 0.717) is 23.7 Å². The second kappa shape index (κ2) is 6.70. The number of aromatic hydroxyl groups is 1. The van der Waals surface area contributed by atoms with Crippen LogP contribution in [0.15, 0.2) is 65.4 Å². The standard InChI is InChI=1S/C22H15F2N3O2/c23-19-6-2-5-15(20(19)24)18-11-27-29-21(18)17-10-26-22-16(17)8-13(9-25-22)12-3-1-4-14(28)7-12/h1-9,11,17,28H,10H2,(H,25,26). The highest BCUT2D eigenvalue weighted by atomic mass is 19.2. The van der Waals surface area contributed by atoms with Crippen molar-refractivity contribution < 1.29 is 18.4 Å². The molecule has 1 aliphatic rings. The minimum absolute atomic E-state index is 0.104. The number of fused-ring (bicyclic) bond motifs is 1. The van der Waals surface area contributed by atoms with Gasteiger partial charge in [0, 0.05) is 35.0 Å². The molecule has 1 aliphatic heterocycles. The van der Waals surface area contributed by atoms with Gasteiger partial charge in [-0.15, -0.1) is 0 Å². The third-order valence-electron chi connectivity index (χ3n) is 5.10. The molecule has 5 rings (SSSR count). The molecule has 2 N–H and O–H groups in total. The summed E-state index contributed by atoms with van der Waals surface area (Å²) in [5, 5.41) is 16.8. The van der Waals surface area contributed by atoms with Crippen LogP contribution in [0, 0.1) is 11.6 Å². The van der Waals surface area contributed by atoms with Crippen molar-refractivity contribution in [1.29, 1.82) is 0 Å². The Morgan fingerprint density at radius 3 is 2.72 bits per heavy atom. The second-order valence-corrected chi connectivity index (χ2v) is 6.85. The Morgan fingerprint density at radius 1 is 1.00 bits per heavy atom. The van der Waals surface area contributed by atoms with E-state index in [1.807, 2.05) is 12.1 Å². The van der Waals surface area contributed by atoms with Crippen molar-refractivity contribution in [2.24, 2.45) is 0 Å². The first-order valence-corrected chi connectivity index (χ1v) is 9.04. The quantitative estimate of drug-likeness (QED) is 0.517. The van der Waals surface area contributed by atoms with E-state index in [9.17, 15) is 13.9 Å². The van der Waals surface area contributed by atoms with Gasteiger partial charge in [-0.3, -0.25) is 0 Å². The fourth-order valence-electron chi connectivity index (χ4n) is 3.70. The molecule has 4 aromatic rings. The molecule has 7 heteroatoms. The molecule has 0 spiro atoms. The summed E-state index contributed by atoms with van der Waals surface area (Å²) < 4.78 is 33.6. The molecule has 0 radical (unpaired) electrons. The van der Waals surface area contributed by atoms with E-state index in [2.05, 4.69) is 15.5 Å². The number of phenolic OH excluding ortho intramolecular Hbond substituents is 1. The molecule has 0 amide bonds. The summed E-state index contributed by atoms with van der Waals surface area (Å²) >= 11 is 0. The van der Waals surface area contributed by atoms with Crippen LogP contribution in [-0.4, -0.2) is 21.8 Å². The fraction of sp³-hybridized carbons (Fsp3) is 0.0909. The molecule has 0 fully saturated rings. The first-order valence-electron chi connectivity index (χ1n) is 9.04. The molecule has 29 heavy (non-hydrogen) atoms. The molecule has 2 aromatic heterocycles. The van der Waals surface area contributed by atoms with Gasteiger partial charge in [-0.05, 0) is 29.8 Å². The van der Waals surface area contributed by atoms with Gasteiger partial charge >= 0.3 is 0 Å². The van der Waals surface area contributed by atoms with Crippen LogP contribution in [0.1, 0.15) is 17.2 Å². The largest absolute Gasteiger partial charge is 0.508 e. The molecule has 0 bridgehead atoms. The number of anilines is 1. The number of pyridine rings is 1. The van der Waals surface area contributed by atoms with Gasteiger partial charge in [-0.2, -0.15) is 0 Å². The molecule has 0 aliphatic carbocycles. The zero-order valence-corrected chi connectivity index (χ0v) is 15.1. The van der Waals surface area contributed by atoms with Gasteiger partial charge in [-0.1, -0.05) is 29.4 Å². The molecule has 2 aromatic carbocycles. The number of nitrogens with zero attached hydrogens (tertiary/aromatic N) is 2. The number of benzene rings is 2. The molecular weight excluding hydrogens is 376 g/mol. The van der Waals surface area contributed by atoms with E-state index < -0.39 is 11.6 Å². The first kappa shape index (κ1) is 17.4. The summed E-state index contributed by atoms with van der Waals surface area (Å²) in [6.07, 6.45) is 3.12. The number of nitrogens with one attached hydrogen (secondary N) is 1. The lowest BCUT2D eigenvalue weighted by atomic mass is 9.92. The van der Waals surface area contributed by atoms with Crippen LogP contribution in [0.3, 0.4) is 0 Å². The van der Waals surface area contributed by atoms with Gasteiger partial charge in [0.15, 0.2) is 17.4 Å². The Kier molecular flexibility index (Phi) is 4.01. The maximum absolute atomic E-state index is 14.4. The van der Waals surface area contributed by atoms with Gasteiger partial charge in [0.1, 0.15) is 11.6 Å². The Balaban J connectivity index is 1.59. The summed E-state index contributed by atoms with van der Waals surface area (Å²) in [4.78, 5) is 4.47. The Bertz CT molecular complexity index is 1220. The van der Waals surface area contributed by atoms with Crippen molar-refractivity contribution in [3.8, 4) is 28.0 Å². The number of rotatable bonds is 3. The summed E-state index contributed by atoms with van der Waals surface area (Å²) in [6, 6.07) is 12.9. The first-order chi connectivity index (χ1) is 14.1. The van der Waals surface area contributed by atoms with E-state index >= 15 is 0 Å². The average Bonchev–Trinajstić information content (AvgIpc) is 3.36. The Hall–Kier alpha value is -3.74. The zero-order valence-electron chi connectivity index (χ0n) is 15.1. The van der Waals surface area contributed by atoms with Crippen LogP contribution in [-0.2, 0) is 0 Å². The van der Waals surface area contributed by atoms with Crippen molar-refractivity contribution in [1.82, 2.24) is 10.1 Å². The van der Waals surface area contributed by atoms with Crippen LogP contribution in [0.2, 0.25) is 0 Å². The summed E-state index contributed by atoms with van der Waals surface area (Å²) in [5.74, 6) is -0.828. The highest BCUT2D eigenvalue weighted by molar-refractivity contribution is 5.72. The monoisotopic (exact) mass is 391 g/mol. The summed E-state index contributed by atoms with van der Waals surface area (Å²) in [5.41, 5.74) is 3.02. The summed E-state index contributed by atoms with van der Waals surface area (Å²) in [6.45, 7) is 0.491. The fourth-order valence-corrected chi connectivity index (χ4v) is 3.70. The van der Waals surface area contributed by atoms with Crippen molar-refractivity contribution >= 4 is 5.82 Å². The van der Waals surface area contributed by atoms with Crippen molar-refractivity contribution in [2.75, 3.05) is 11.9 Å². The highest BCUT2D eigenvalue weighted by Gasteiger charge is 2.31.